The molecule has 162 valence electrons. The number of primary sulfonamides is 1. The Morgan fingerprint density at radius 1 is 1.06 bits per heavy atom. The average Bonchev–Trinajstić information content (AvgIpc) is 3.21. The average molecular weight is 447 g/mol. The summed E-state index contributed by atoms with van der Waals surface area (Å²) in [6, 6.07) is 20.0. The van der Waals surface area contributed by atoms with Crippen molar-refractivity contribution >= 4 is 32.5 Å². The topological polar surface area (TPSA) is 118 Å². The van der Waals surface area contributed by atoms with Crippen LogP contribution in [-0.2, 0) is 21.2 Å². The smallest absolute Gasteiger partial charge is 0.238 e. The molecule has 0 fully saturated rings. The summed E-state index contributed by atoms with van der Waals surface area (Å²) in [5, 5.41) is 16.4. The van der Waals surface area contributed by atoms with Crippen LogP contribution in [-0.4, -0.2) is 24.5 Å². The molecular formula is C24H22N4O3S. The monoisotopic (exact) mass is 446 g/mol. The highest BCUT2D eigenvalue weighted by Crippen LogP contribution is 2.34. The molecule has 8 heteroatoms. The van der Waals surface area contributed by atoms with E-state index < -0.39 is 10.0 Å². The van der Waals surface area contributed by atoms with Crippen LogP contribution in [0.15, 0.2) is 71.6 Å². The summed E-state index contributed by atoms with van der Waals surface area (Å²) in [4.78, 5) is 13.1. The van der Waals surface area contributed by atoms with Crippen LogP contribution < -0.4 is 10.5 Å². The van der Waals surface area contributed by atoms with Crippen LogP contribution in [0.4, 0.5) is 5.69 Å². The summed E-state index contributed by atoms with van der Waals surface area (Å²) >= 11 is 0. The lowest BCUT2D eigenvalue weighted by Gasteiger charge is -2.24. The lowest BCUT2D eigenvalue weighted by molar-refractivity contribution is -0.117. The molecular weight excluding hydrogens is 424 g/mol. The zero-order valence-electron chi connectivity index (χ0n) is 17.2. The molecule has 1 heterocycles. The molecule has 3 aromatic carbocycles. The minimum atomic E-state index is -3.83. The summed E-state index contributed by atoms with van der Waals surface area (Å²) in [5.74, 6) is -0.205. The SMILES string of the molecule is NS(=O)(=O)c1cccc(-c2n[nH]c3ccc(NC(=O)[C@H]4CCCc5ccccc54)cc23)c1. The number of amides is 1. The van der Waals surface area contributed by atoms with E-state index in [-0.39, 0.29) is 16.7 Å². The number of aromatic amines is 1. The Kier molecular flexibility index (Phi) is 5.03. The Bertz CT molecular complexity index is 1440. The Balaban J connectivity index is 1.47. The number of nitrogens with zero attached hydrogens (tertiary/aromatic N) is 1. The molecule has 7 nitrogen and oxygen atoms in total. The molecule has 1 aromatic heterocycles. The highest BCUT2D eigenvalue weighted by Gasteiger charge is 2.26. The lowest BCUT2D eigenvalue weighted by atomic mass is 9.82. The van der Waals surface area contributed by atoms with E-state index in [9.17, 15) is 13.2 Å². The van der Waals surface area contributed by atoms with Crippen molar-refractivity contribution < 1.29 is 13.2 Å². The van der Waals surface area contributed by atoms with Gasteiger partial charge in [0.1, 0.15) is 5.69 Å². The number of aryl methyl sites for hydroxylation is 1. The number of rotatable bonds is 4. The van der Waals surface area contributed by atoms with Crippen LogP contribution in [0, 0.1) is 0 Å². The first-order valence-corrected chi connectivity index (χ1v) is 11.9. The standard InChI is InChI=1S/C24H22N4O3S/c25-32(30,31)18-8-3-7-16(13-18)23-21-14-17(11-12-22(21)27-28-23)26-24(29)20-10-4-6-15-5-1-2-9-19(15)20/h1-3,5,7-9,11-14,20H,4,6,10H2,(H,26,29)(H,27,28)(H2,25,30,31)/t20-/m0/s1. The van der Waals surface area contributed by atoms with Gasteiger partial charge in [-0.15, -0.1) is 0 Å². The van der Waals surface area contributed by atoms with Crippen molar-refractivity contribution in [2.24, 2.45) is 5.14 Å². The second kappa shape index (κ2) is 7.89. The fraction of sp³-hybridized carbons (Fsp3) is 0.167. The van der Waals surface area contributed by atoms with Crippen molar-refractivity contribution in [2.45, 2.75) is 30.1 Å². The first kappa shape index (κ1) is 20.4. The number of carbonyl (C=O) groups is 1. The Morgan fingerprint density at radius 3 is 2.75 bits per heavy atom. The van der Waals surface area contributed by atoms with Gasteiger partial charge < -0.3 is 5.32 Å². The van der Waals surface area contributed by atoms with Crippen molar-refractivity contribution in [1.82, 2.24) is 10.2 Å². The molecule has 4 aromatic rings. The van der Waals surface area contributed by atoms with E-state index in [4.69, 9.17) is 5.14 Å². The third-order valence-corrected chi connectivity index (χ3v) is 6.86. The predicted octanol–water partition coefficient (Wildman–Crippen LogP) is 3.94. The van der Waals surface area contributed by atoms with Gasteiger partial charge in [-0.1, -0.05) is 36.4 Å². The van der Waals surface area contributed by atoms with E-state index in [0.29, 0.717) is 16.9 Å². The van der Waals surface area contributed by atoms with Crippen LogP contribution in [0.5, 0.6) is 0 Å². The number of sulfonamides is 1. The van der Waals surface area contributed by atoms with Crippen LogP contribution in [0.2, 0.25) is 0 Å². The molecule has 1 atom stereocenters. The maximum atomic E-state index is 13.1. The molecule has 0 saturated heterocycles. The molecule has 0 aliphatic heterocycles. The first-order valence-electron chi connectivity index (χ1n) is 10.4. The summed E-state index contributed by atoms with van der Waals surface area (Å²) < 4.78 is 23.5. The normalized spacial score (nSPS) is 16.0. The second-order valence-electron chi connectivity index (χ2n) is 8.04. The van der Waals surface area contributed by atoms with Gasteiger partial charge in [-0.2, -0.15) is 5.10 Å². The second-order valence-corrected chi connectivity index (χ2v) is 9.60. The van der Waals surface area contributed by atoms with Gasteiger partial charge in [-0.25, -0.2) is 13.6 Å². The molecule has 1 aliphatic carbocycles. The van der Waals surface area contributed by atoms with Crippen LogP contribution in [0.1, 0.15) is 29.9 Å². The van der Waals surface area contributed by atoms with Crippen LogP contribution in [0.25, 0.3) is 22.2 Å². The van der Waals surface area contributed by atoms with Crippen LogP contribution >= 0.6 is 0 Å². The Morgan fingerprint density at radius 2 is 1.91 bits per heavy atom. The molecule has 5 rings (SSSR count). The van der Waals surface area contributed by atoms with Crippen LogP contribution in [0.3, 0.4) is 0 Å². The predicted molar refractivity (Wildman–Crippen MR) is 124 cm³/mol. The third kappa shape index (κ3) is 3.79. The largest absolute Gasteiger partial charge is 0.326 e. The van der Waals surface area contributed by atoms with Gasteiger partial charge in [0.15, 0.2) is 0 Å². The van der Waals surface area contributed by atoms with Gasteiger partial charge in [0.25, 0.3) is 0 Å². The van der Waals surface area contributed by atoms with E-state index in [1.807, 2.05) is 36.4 Å². The van der Waals surface area contributed by atoms with Gasteiger partial charge in [-0.3, -0.25) is 9.89 Å². The van der Waals surface area contributed by atoms with Crippen molar-refractivity contribution in [3.05, 3.63) is 77.9 Å². The van der Waals surface area contributed by atoms with E-state index in [0.717, 1.165) is 35.7 Å². The van der Waals surface area contributed by atoms with E-state index in [1.54, 1.807) is 12.1 Å². The molecule has 0 bridgehead atoms. The molecule has 1 amide bonds. The number of aromatic nitrogens is 2. The maximum Gasteiger partial charge on any atom is 0.238 e. The highest BCUT2D eigenvalue weighted by atomic mass is 32.2. The zero-order valence-corrected chi connectivity index (χ0v) is 18.0. The van der Waals surface area contributed by atoms with Crippen molar-refractivity contribution in [3.63, 3.8) is 0 Å². The van der Waals surface area contributed by atoms with Gasteiger partial charge in [0, 0.05) is 16.6 Å². The molecule has 0 unspecified atom stereocenters. The van der Waals surface area contributed by atoms with E-state index in [1.165, 1.54) is 17.7 Å². The number of fused-ring (bicyclic) bond motifs is 2. The number of anilines is 1. The van der Waals surface area contributed by atoms with E-state index >= 15 is 0 Å². The van der Waals surface area contributed by atoms with Gasteiger partial charge in [0.2, 0.25) is 15.9 Å². The van der Waals surface area contributed by atoms with Crippen molar-refractivity contribution in [2.75, 3.05) is 5.32 Å². The summed E-state index contributed by atoms with van der Waals surface area (Å²) in [6.45, 7) is 0. The Hall–Kier alpha value is -3.49. The number of H-pyrrole nitrogens is 1. The minimum Gasteiger partial charge on any atom is -0.326 e. The number of hydrogen-bond acceptors (Lipinski definition) is 4. The minimum absolute atomic E-state index is 0.0200. The van der Waals surface area contributed by atoms with Gasteiger partial charge in [-0.05, 0) is 60.7 Å². The molecule has 0 spiro atoms. The summed E-state index contributed by atoms with van der Waals surface area (Å²) in [5.41, 5.74) is 4.98. The number of hydrogen-bond donors (Lipinski definition) is 3. The molecule has 0 radical (unpaired) electrons. The highest BCUT2D eigenvalue weighted by molar-refractivity contribution is 7.89. The number of benzene rings is 3. The fourth-order valence-electron chi connectivity index (χ4n) is 4.39. The first-order chi connectivity index (χ1) is 15.4. The fourth-order valence-corrected chi connectivity index (χ4v) is 4.95. The number of nitrogens with one attached hydrogen (secondary N) is 2. The zero-order chi connectivity index (χ0) is 22.3. The molecule has 1 aliphatic rings. The maximum absolute atomic E-state index is 13.1. The summed E-state index contributed by atoms with van der Waals surface area (Å²) in [6.07, 6.45) is 2.81. The van der Waals surface area contributed by atoms with Gasteiger partial charge in [0.05, 0.1) is 16.3 Å². The summed E-state index contributed by atoms with van der Waals surface area (Å²) in [7, 11) is -3.83. The third-order valence-electron chi connectivity index (χ3n) is 5.95. The quantitative estimate of drug-likeness (QED) is 0.440. The van der Waals surface area contributed by atoms with E-state index in [2.05, 4.69) is 21.6 Å². The Labute approximate surface area is 185 Å². The lowest BCUT2D eigenvalue weighted by Crippen LogP contribution is -2.24. The van der Waals surface area contributed by atoms with Crippen molar-refractivity contribution in [3.8, 4) is 11.3 Å². The molecule has 32 heavy (non-hydrogen) atoms. The van der Waals surface area contributed by atoms with Gasteiger partial charge >= 0.3 is 0 Å². The molecule has 4 N–H and O–H groups in total. The van der Waals surface area contributed by atoms with Crippen molar-refractivity contribution in [1.29, 1.82) is 0 Å². The number of carbonyl (C=O) groups excluding carboxylic acids is 1. The molecule has 0 saturated carbocycles. The number of nitrogens with two attached hydrogens (primary N) is 1.